The van der Waals surface area contributed by atoms with Crippen LogP contribution in [-0.2, 0) is 27.8 Å². The Hall–Kier alpha value is -3.49. The molecule has 2 heterocycles. The average molecular weight is 411 g/mol. The Bertz CT molecular complexity index is 1130. The number of hydrogen-bond donors (Lipinski definition) is 1. The third kappa shape index (κ3) is 4.56. The van der Waals surface area contributed by atoms with Crippen LogP contribution in [0.3, 0.4) is 0 Å². The van der Waals surface area contributed by atoms with Crippen LogP contribution in [0.15, 0.2) is 41.3 Å². The predicted octanol–water partition coefficient (Wildman–Crippen LogP) is 2.21. The van der Waals surface area contributed by atoms with Gasteiger partial charge in [0, 0.05) is 25.6 Å². The van der Waals surface area contributed by atoms with Crippen molar-refractivity contribution in [1.29, 1.82) is 0 Å². The molecule has 0 spiro atoms. The molecule has 1 amide bonds. The minimum Gasteiger partial charge on any atom is -0.453 e. The average Bonchev–Trinajstić information content (AvgIpc) is 3.18. The van der Waals surface area contributed by atoms with Gasteiger partial charge in [0.2, 0.25) is 0 Å². The molecule has 9 heteroatoms. The van der Waals surface area contributed by atoms with Crippen LogP contribution >= 0.6 is 0 Å². The summed E-state index contributed by atoms with van der Waals surface area (Å²) in [4.78, 5) is 41.5. The number of nitrogens with zero attached hydrogens (tertiary/aromatic N) is 4. The van der Waals surface area contributed by atoms with E-state index in [2.05, 4.69) is 15.4 Å². The molecule has 158 valence electrons. The van der Waals surface area contributed by atoms with E-state index in [0.29, 0.717) is 22.5 Å². The molecule has 1 unspecified atom stereocenters. The van der Waals surface area contributed by atoms with E-state index in [1.165, 1.54) is 11.5 Å². The zero-order chi connectivity index (χ0) is 21.8. The zero-order valence-corrected chi connectivity index (χ0v) is 17.5. The highest BCUT2D eigenvalue weighted by Crippen LogP contribution is 2.14. The third-order valence-electron chi connectivity index (χ3n) is 4.72. The van der Waals surface area contributed by atoms with Gasteiger partial charge in [0.15, 0.2) is 6.10 Å². The van der Waals surface area contributed by atoms with E-state index in [1.807, 2.05) is 13.8 Å². The zero-order valence-electron chi connectivity index (χ0n) is 17.5. The molecule has 0 fully saturated rings. The van der Waals surface area contributed by atoms with Gasteiger partial charge in [-0.1, -0.05) is 12.1 Å². The van der Waals surface area contributed by atoms with Gasteiger partial charge in [-0.2, -0.15) is 5.10 Å². The topological polar surface area (TPSA) is 108 Å². The van der Waals surface area contributed by atoms with Crippen molar-refractivity contribution in [2.24, 2.45) is 7.05 Å². The van der Waals surface area contributed by atoms with Crippen molar-refractivity contribution in [1.82, 2.24) is 19.3 Å². The normalized spacial score (nSPS) is 12.2. The van der Waals surface area contributed by atoms with Gasteiger partial charge in [0.05, 0.1) is 23.5 Å². The quantitative estimate of drug-likeness (QED) is 0.597. The fourth-order valence-corrected chi connectivity index (χ4v) is 3.06. The summed E-state index contributed by atoms with van der Waals surface area (Å²) in [6, 6.07) is 8.81. The molecule has 0 aliphatic rings. The first-order chi connectivity index (χ1) is 14.3. The minimum atomic E-state index is -0.971. The first kappa shape index (κ1) is 21.2. The molecule has 0 aliphatic heterocycles. The van der Waals surface area contributed by atoms with Crippen LogP contribution in [0.1, 0.15) is 39.1 Å². The van der Waals surface area contributed by atoms with Crippen LogP contribution in [0, 0.1) is 0 Å². The molecular weight excluding hydrogens is 386 g/mol. The molecule has 0 aliphatic carbocycles. The molecule has 3 aromatic rings. The van der Waals surface area contributed by atoms with Crippen LogP contribution in [0.2, 0.25) is 0 Å². The van der Waals surface area contributed by atoms with Gasteiger partial charge < -0.3 is 10.1 Å². The molecule has 3 rings (SSSR count). The summed E-state index contributed by atoms with van der Waals surface area (Å²) in [6.07, 6.45) is 0.846. The summed E-state index contributed by atoms with van der Waals surface area (Å²) in [5.74, 6) is 0.0289. The summed E-state index contributed by atoms with van der Waals surface area (Å²) in [5.41, 5.74) is 0.414. The number of benzene rings is 1. The fourth-order valence-electron chi connectivity index (χ4n) is 3.06. The smallest absolute Gasteiger partial charge is 0.307 e. The minimum absolute atomic E-state index is 0.000166. The maximum absolute atomic E-state index is 12.4. The molecule has 0 saturated heterocycles. The van der Waals surface area contributed by atoms with Gasteiger partial charge in [0.1, 0.15) is 11.6 Å². The maximum atomic E-state index is 12.4. The van der Waals surface area contributed by atoms with Crippen molar-refractivity contribution < 1.29 is 14.3 Å². The van der Waals surface area contributed by atoms with E-state index < -0.39 is 18.0 Å². The summed E-state index contributed by atoms with van der Waals surface area (Å²) < 4.78 is 8.34. The van der Waals surface area contributed by atoms with Gasteiger partial charge in [-0.05, 0) is 32.9 Å². The highest BCUT2D eigenvalue weighted by atomic mass is 16.5. The largest absolute Gasteiger partial charge is 0.453 e. The first-order valence-corrected chi connectivity index (χ1v) is 9.76. The Balaban J connectivity index is 1.60. The predicted molar refractivity (Wildman–Crippen MR) is 112 cm³/mol. The molecule has 2 aromatic heterocycles. The second-order valence-corrected chi connectivity index (χ2v) is 7.29. The van der Waals surface area contributed by atoms with Crippen molar-refractivity contribution in [2.75, 3.05) is 5.32 Å². The number of aromatic nitrogens is 4. The highest BCUT2D eigenvalue weighted by Gasteiger charge is 2.20. The number of para-hydroxylation sites is 1. The Morgan fingerprint density at radius 2 is 1.90 bits per heavy atom. The van der Waals surface area contributed by atoms with Gasteiger partial charge in [-0.3, -0.25) is 19.0 Å². The number of anilines is 1. The summed E-state index contributed by atoms with van der Waals surface area (Å²) in [7, 11) is 1.62. The molecule has 0 bridgehead atoms. The van der Waals surface area contributed by atoms with Crippen molar-refractivity contribution in [3.63, 3.8) is 0 Å². The van der Waals surface area contributed by atoms with Gasteiger partial charge >= 0.3 is 5.97 Å². The van der Waals surface area contributed by atoms with Gasteiger partial charge in [0.25, 0.3) is 11.5 Å². The van der Waals surface area contributed by atoms with Crippen molar-refractivity contribution >= 4 is 28.6 Å². The molecule has 1 N–H and O–H groups in total. The number of nitrogens with one attached hydrogen (secondary N) is 1. The van der Waals surface area contributed by atoms with Crippen LogP contribution in [0.5, 0.6) is 0 Å². The molecule has 0 saturated carbocycles. The van der Waals surface area contributed by atoms with Crippen LogP contribution in [0.4, 0.5) is 5.82 Å². The molecule has 1 aromatic carbocycles. The number of fused-ring (bicyclic) bond motifs is 1. The van der Waals surface area contributed by atoms with Crippen molar-refractivity contribution in [3.8, 4) is 0 Å². The lowest BCUT2D eigenvalue weighted by Crippen LogP contribution is -2.31. The Kier molecular flexibility index (Phi) is 6.29. The summed E-state index contributed by atoms with van der Waals surface area (Å²) in [5, 5.41) is 7.39. The number of hydrogen-bond acceptors (Lipinski definition) is 6. The third-order valence-corrected chi connectivity index (χ3v) is 4.72. The monoisotopic (exact) mass is 411 g/mol. The number of carbonyl (C=O) groups excluding carboxylic acids is 2. The Morgan fingerprint density at radius 1 is 1.17 bits per heavy atom. The molecule has 1 atom stereocenters. The number of amides is 1. The lowest BCUT2D eigenvalue weighted by Gasteiger charge is -2.16. The number of rotatable bonds is 7. The van der Waals surface area contributed by atoms with E-state index in [4.69, 9.17) is 4.74 Å². The first-order valence-electron chi connectivity index (χ1n) is 9.76. The van der Waals surface area contributed by atoms with E-state index in [-0.39, 0.29) is 24.4 Å². The Labute approximate surface area is 173 Å². The van der Waals surface area contributed by atoms with Crippen molar-refractivity contribution in [2.45, 2.75) is 45.8 Å². The highest BCUT2D eigenvalue weighted by molar-refractivity contribution is 5.94. The molecular formula is C21H25N5O4. The van der Waals surface area contributed by atoms with Gasteiger partial charge in [-0.25, -0.2) is 9.67 Å². The van der Waals surface area contributed by atoms with E-state index in [0.717, 1.165) is 0 Å². The standard InChI is InChI=1S/C21H25N5O4/c1-13(2)26-18(11-12-22-26)24-20(28)14(3)30-19(27)10-9-17-23-16-8-6-5-7-15(16)21(29)25(17)4/h5-8,11-14H,9-10H2,1-4H3,(H,24,28). The van der Waals surface area contributed by atoms with E-state index in [9.17, 15) is 14.4 Å². The van der Waals surface area contributed by atoms with Crippen molar-refractivity contribution in [3.05, 3.63) is 52.7 Å². The fraction of sp³-hybridized carbons (Fsp3) is 0.381. The number of aryl methyl sites for hydroxylation is 1. The SMILES string of the molecule is CC(OC(=O)CCc1nc2ccccc2c(=O)n1C)C(=O)Nc1ccnn1C(C)C. The molecule has 9 nitrogen and oxygen atoms in total. The Morgan fingerprint density at radius 3 is 2.63 bits per heavy atom. The summed E-state index contributed by atoms with van der Waals surface area (Å²) >= 11 is 0. The second kappa shape index (κ2) is 8.89. The lowest BCUT2D eigenvalue weighted by atomic mass is 10.2. The lowest BCUT2D eigenvalue weighted by molar-refractivity contribution is -0.153. The summed E-state index contributed by atoms with van der Waals surface area (Å²) in [6.45, 7) is 5.40. The van der Waals surface area contributed by atoms with E-state index in [1.54, 1.807) is 48.3 Å². The number of esters is 1. The molecule has 0 radical (unpaired) electrons. The number of carbonyl (C=O) groups is 2. The van der Waals surface area contributed by atoms with Gasteiger partial charge in [-0.15, -0.1) is 0 Å². The number of ether oxygens (including phenoxy) is 1. The maximum Gasteiger partial charge on any atom is 0.307 e. The van der Waals surface area contributed by atoms with Crippen LogP contribution < -0.4 is 10.9 Å². The van der Waals surface area contributed by atoms with Crippen LogP contribution in [-0.4, -0.2) is 37.3 Å². The van der Waals surface area contributed by atoms with Crippen LogP contribution in [0.25, 0.3) is 10.9 Å². The molecule has 30 heavy (non-hydrogen) atoms. The van der Waals surface area contributed by atoms with E-state index >= 15 is 0 Å². The second-order valence-electron chi connectivity index (χ2n) is 7.29.